The first-order valence-electron chi connectivity index (χ1n) is 15.0. The number of carbonyl (C=O) groups is 1. The van der Waals surface area contributed by atoms with Crippen LogP contribution in [0.5, 0.6) is 5.88 Å². The van der Waals surface area contributed by atoms with E-state index in [1.165, 1.54) is 0 Å². The number of amides is 1. The van der Waals surface area contributed by atoms with Gasteiger partial charge in [0.25, 0.3) is 0 Å². The third kappa shape index (κ3) is 8.21. The Morgan fingerprint density at radius 2 is 1.79 bits per heavy atom. The average molecular weight is 606 g/mol. The Morgan fingerprint density at radius 1 is 1.14 bits per heavy atom. The molecule has 1 aliphatic rings. The molecule has 1 fully saturated rings. The van der Waals surface area contributed by atoms with Gasteiger partial charge in [0, 0.05) is 34.4 Å². The van der Waals surface area contributed by atoms with Gasteiger partial charge in [0.05, 0.1) is 12.3 Å². The zero-order valence-electron chi connectivity index (χ0n) is 26.4. The number of aromatic nitrogens is 2. The van der Waals surface area contributed by atoms with Gasteiger partial charge in [-0.05, 0) is 97.2 Å². The van der Waals surface area contributed by atoms with Crippen molar-refractivity contribution < 1.29 is 18.3 Å². The van der Waals surface area contributed by atoms with Crippen LogP contribution in [0.25, 0.3) is 11.3 Å². The molecule has 1 aliphatic carbocycles. The minimum Gasteiger partial charge on any atom is -0.768 e. The van der Waals surface area contributed by atoms with Crippen molar-refractivity contribution in [1.82, 2.24) is 15.3 Å². The summed E-state index contributed by atoms with van der Waals surface area (Å²) in [7, 11) is 0. The standard InChI is InChI=1S/C34H46N4O4S/c1-8-28(39)38-34(7)18-24(19-34)31(23-13-10-14-26(15-23)43(40)41)25(17-33(4,5)6)20-42-29-16-27(36-32(35)37-29)30-21(2)11-9-12-22(30)3/h9-16,24-25,31H,8,17-20H2,1-7H3,(H,38,39)(H,40,41)(H2,35,36,37)/p-1/t24?,25-,31?,34?/m1/s1. The molecule has 0 saturated heterocycles. The first-order chi connectivity index (χ1) is 20.2. The van der Waals surface area contributed by atoms with Crippen LogP contribution in [0.2, 0.25) is 0 Å². The number of carbonyl (C=O) groups excluding carboxylic acids is 1. The monoisotopic (exact) mass is 605 g/mol. The molecule has 232 valence electrons. The molecular formula is C34H45N4O4S-. The van der Waals surface area contributed by atoms with Crippen LogP contribution in [0.3, 0.4) is 0 Å². The van der Waals surface area contributed by atoms with Gasteiger partial charge in [0.1, 0.15) is 0 Å². The number of nitrogen functional groups attached to an aromatic ring is 1. The lowest BCUT2D eigenvalue weighted by Gasteiger charge is -2.51. The number of rotatable bonds is 11. The van der Waals surface area contributed by atoms with E-state index in [0.717, 1.165) is 41.5 Å². The Labute approximate surface area is 258 Å². The maximum atomic E-state index is 12.2. The summed E-state index contributed by atoms with van der Waals surface area (Å²) in [5.41, 5.74) is 10.7. The summed E-state index contributed by atoms with van der Waals surface area (Å²) in [5.74, 6) is 0.862. The number of hydrogen-bond acceptors (Lipinski definition) is 7. The van der Waals surface area contributed by atoms with E-state index in [-0.39, 0.29) is 45.5 Å². The second-order valence-corrected chi connectivity index (χ2v) is 14.5. The molecule has 4 rings (SSSR count). The van der Waals surface area contributed by atoms with Crippen LogP contribution in [0.1, 0.15) is 82.9 Å². The molecule has 1 amide bonds. The molecule has 3 N–H and O–H groups in total. The number of nitrogens with one attached hydrogen (secondary N) is 1. The van der Waals surface area contributed by atoms with Gasteiger partial charge < -0.3 is 20.3 Å². The number of anilines is 1. The van der Waals surface area contributed by atoms with Crippen LogP contribution in [-0.2, 0) is 15.9 Å². The molecule has 2 aromatic carbocycles. The topological polar surface area (TPSA) is 130 Å². The summed E-state index contributed by atoms with van der Waals surface area (Å²) < 4.78 is 30.3. The molecule has 8 nitrogen and oxygen atoms in total. The highest BCUT2D eigenvalue weighted by atomic mass is 32.2. The van der Waals surface area contributed by atoms with E-state index in [4.69, 9.17) is 10.5 Å². The normalized spacial score (nSPS) is 20.5. The summed E-state index contributed by atoms with van der Waals surface area (Å²) in [6.07, 6.45) is 2.87. The lowest BCUT2D eigenvalue weighted by Crippen LogP contribution is -2.57. The second-order valence-electron chi connectivity index (χ2n) is 13.5. The van der Waals surface area contributed by atoms with Crippen LogP contribution in [-0.4, -0.2) is 36.8 Å². The first-order valence-corrected chi connectivity index (χ1v) is 16.1. The third-order valence-corrected chi connectivity index (χ3v) is 9.05. The Kier molecular flexibility index (Phi) is 9.96. The maximum Gasteiger partial charge on any atom is 0.223 e. The molecule has 3 atom stereocenters. The molecule has 9 heteroatoms. The zero-order chi connectivity index (χ0) is 31.5. The number of ether oxygens (including phenoxy) is 1. The van der Waals surface area contributed by atoms with Gasteiger partial charge in [-0.25, -0.2) is 4.98 Å². The van der Waals surface area contributed by atoms with Crippen LogP contribution < -0.4 is 15.8 Å². The first kappa shape index (κ1) is 32.6. The highest BCUT2D eigenvalue weighted by molar-refractivity contribution is 7.79. The van der Waals surface area contributed by atoms with E-state index >= 15 is 0 Å². The van der Waals surface area contributed by atoms with Gasteiger partial charge in [-0.2, -0.15) is 4.98 Å². The minimum atomic E-state index is -2.34. The fourth-order valence-corrected chi connectivity index (χ4v) is 7.19. The van der Waals surface area contributed by atoms with E-state index in [1.807, 2.05) is 51.1 Å². The third-order valence-electron chi connectivity index (χ3n) is 8.42. The molecule has 43 heavy (non-hydrogen) atoms. The number of aryl methyl sites for hydroxylation is 2. The fourth-order valence-electron chi connectivity index (χ4n) is 6.77. The Morgan fingerprint density at radius 3 is 2.40 bits per heavy atom. The molecule has 0 radical (unpaired) electrons. The highest BCUT2D eigenvalue weighted by Gasteiger charge is 2.47. The molecule has 0 spiro atoms. The van der Waals surface area contributed by atoms with E-state index in [1.54, 1.807) is 18.2 Å². The van der Waals surface area contributed by atoms with Crippen molar-refractivity contribution in [3.05, 3.63) is 65.2 Å². The van der Waals surface area contributed by atoms with Gasteiger partial charge in [-0.3, -0.25) is 9.00 Å². The van der Waals surface area contributed by atoms with Crippen LogP contribution >= 0.6 is 0 Å². The molecule has 1 aromatic heterocycles. The van der Waals surface area contributed by atoms with Crippen molar-refractivity contribution in [2.45, 2.75) is 90.5 Å². The summed E-state index contributed by atoms with van der Waals surface area (Å²) in [5, 5.41) is 3.19. The largest absolute Gasteiger partial charge is 0.768 e. The molecule has 2 unspecified atom stereocenters. The SMILES string of the molecule is CCC(=O)NC1(C)CC(C(c2cccc(S(=O)[O-])c2)[C@@H](COc2cc(-c3c(C)cccc3C)nc(N)n2)CC(C)(C)C)C1. The van der Waals surface area contributed by atoms with Crippen molar-refractivity contribution in [3.63, 3.8) is 0 Å². The second kappa shape index (κ2) is 13.1. The van der Waals surface area contributed by atoms with E-state index < -0.39 is 11.1 Å². The van der Waals surface area contributed by atoms with E-state index in [2.05, 4.69) is 43.0 Å². The molecular weight excluding hydrogens is 560 g/mol. The zero-order valence-corrected chi connectivity index (χ0v) is 27.2. The summed E-state index contributed by atoms with van der Waals surface area (Å²) in [4.78, 5) is 21.4. The minimum absolute atomic E-state index is 0.00611. The predicted octanol–water partition coefficient (Wildman–Crippen LogP) is 6.49. The van der Waals surface area contributed by atoms with E-state index in [9.17, 15) is 13.6 Å². The summed E-state index contributed by atoms with van der Waals surface area (Å²) in [6.45, 7) is 15.0. The Bertz CT molecular complexity index is 1460. The number of hydrogen-bond donors (Lipinski definition) is 2. The van der Waals surface area contributed by atoms with Gasteiger partial charge in [0.15, 0.2) is 0 Å². The summed E-state index contributed by atoms with van der Waals surface area (Å²) >= 11 is -2.34. The highest BCUT2D eigenvalue weighted by Crippen LogP contribution is 2.51. The molecule has 3 aromatic rings. The summed E-state index contributed by atoms with van der Waals surface area (Å²) in [6, 6.07) is 15.2. The predicted molar refractivity (Wildman–Crippen MR) is 170 cm³/mol. The Hall–Kier alpha value is -3.30. The Balaban J connectivity index is 1.69. The molecule has 0 aliphatic heterocycles. The van der Waals surface area contributed by atoms with Crippen molar-refractivity contribution in [1.29, 1.82) is 0 Å². The number of nitrogens with zero attached hydrogens (tertiary/aromatic N) is 2. The molecule has 1 heterocycles. The van der Waals surface area contributed by atoms with Gasteiger partial charge in [-0.1, -0.05) is 58.0 Å². The lowest BCUT2D eigenvalue weighted by molar-refractivity contribution is -0.124. The number of nitrogens with two attached hydrogens (primary N) is 1. The van der Waals surface area contributed by atoms with Gasteiger partial charge >= 0.3 is 0 Å². The average Bonchev–Trinajstić information content (AvgIpc) is 2.90. The van der Waals surface area contributed by atoms with Crippen LogP contribution in [0.15, 0.2) is 53.4 Å². The quantitative estimate of drug-likeness (QED) is 0.239. The maximum absolute atomic E-state index is 12.2. The van der Waals surface area contributed by atoms with Crippen LogP contribution in [0, 0.1) is 31.1 Å². The molecule has 0 bridgehead atoms. The van der Waals surface area contributed by atoms with Gasteiger partial charge in [-0.15, -0.1) is 0 Å². The molecule has 1 saturated carbocycles. The van der Waals surface area contributed by atoms with Crippen molar-refractivity contribution in [2.75, 3.05) is 12.3 Å². The lowest BCUT2D eigenvalue weighted by atomic mass is 9.58. The van der Waals surface area contributed by atoms with Gasteiger partial charge in [0.2, 0.25) is 17.7 Å². The van der Waals surface area contributed by atoms with E-state index in [0.29, 0.717) is 24.6 Å². The van der Waals surface area contributed by atoms with Crippen molar-refractivity contribution in [2.24, 2.45) is 17.3 Å². The smallest absolute Gasteiger partial charge is 0.223 e. The van der Waals surface area contributed by atoms with Crippen LogP contribution in [0.4, 0.5) is 5.95 Å². The van der Waals surface area contributed by atoms with Crippen molar-refractivity contribution >= 4 is 22.9 Å². The fraction of sp³-hybridized carbons (Fsp3) is 0.500. The van der Waals surface area contributed by atoms with Crippen molar-refractivity contribution in [3.8, 4) is 17.1 Å². The number of benzene rings is 2.